The zero-order valence-corrected chi connectivity index (χ0v) is 27.8. The molecule has 0 spiro atoms. The summed E-state index contributed by atoms with van der Waals surface area (Å²) in [7, 11) is 2.79. The second-order valence-corrected chi connectivity index (χ2v) is 12.0. The predicted molar refractivity (Wildman–Crippen MR) is 184 cm³/mol. The zero-order chi connectivity index (χ0) is 34.8. The van der Waals surface area contributed by atoms with E-state index < -0.39 is 11.7 Å². The standard InChI is InChI=1S/C35H29Cl2N5O7/c1-48-32-20(16-41(35(46)47)17-21-10-12-29(44)38-21)9-11-27(39-32)25-8-4-7-24(31(25)37)23-6-3-5-22(30(23)36)19-13-14-42-28(15-19)40-33(49-2)26(18-43)34(42)45/h3-9,11,13-15,18,21H,10,12,16-17H2,1-2H3,(H,38,44)(H,46,47). The average molecular weight is 703 g/mol. The number of fused-ring (bicyclic) bond motifs is 1. The van der Waals surface area contributed by atoms with Crippen LogP contribution >= 0.6 is 23.2 Å². The third-order valence-electron chi connectivity index (χ3n) is 8.31. The summed E-state index contributed by atoms with van der Waals surface area (Å²) >= 11 is 14.0. The van der Waals surface area contributed by atoms with Gasteiger partial charge in [0.15, 0.2) is 6.29 Å². The molecule has 1 unspecified atom stereocenters. The fourth-order valence-electron chi connectivity index (χ4n) is 5.87. The highest BCUT2D eigenvalue weighted by Crippen LogP contribution is 2.42. The molecule has 4 heterocycles. The maximum atomic E-state index is 12.8. The van der Waals surface area contributed by atoms with Crippen LogP contribution in [0.1, 0.15) is 28.8 Å². The Morgan fingerprint density at radius 1 is 0.980 bits per heavy atom. The molecule has 0 radical (unpaired) electrons. The molecule has 2 amide bonds. The highest BCUT2D eigenvalue weighted by molar-refractivity contribution is 6.39. The van der Waals surface area contributed by atoms with E-state index in [4.69, 9.17) is 32.7 Å². The number of carbonyl (C=O) groups excluding carboxylic acids is 2. The predicted octanol–water partition coefficient (Wildman–Crippen LogP) is 5.99. The molecule has 49 heavy (non-hydrogen) atoms. The Hall–Kier alpha value is -5.46. The first kappa shape index (κ1) is 33.4. The number of hydrogen-bond acceptors (Lipinski definition) is 8. The van der Waals surface area contributed by atoms with E-state index in [1.54, 1.807) is 24.3 Å². The molecule has 1 atom stereocenters. The van der Waals surface area contributed by atoms with Gasteiger partial charge in [-0.25, -0.2) is 9.78 Å². The van der Waals surface area contributed by atoms with Gasteiger partial charge in [-0.15, -0.1) is 0 Å². The van der Waals surface area contributed by atoms with Gasteiger partial charge >= 0.3 is 6.09 Å². The number of nitrogens with zero attached hydrogens (tertiary/aromatic N) is 4. The van der Waals surface area contributed by atoms with Crippen molar-refractivity contribution in [3.63, 3.8) is 0 Å². The lowest BCUT2D eigenvalue weighted by Gasteiger charge is -2.23. The van der Waals surface area contributed by atoms with Crippen LogP contribution < -0.4 is 20.3 Å². The Kier molecular flexibility index (Phi) is 9.52. The Morgan fingerprint density at radius 3 is 2.29 bits per heavy atom. The molecular weight excluding hydrogens is 673 g/mol. The van der Waals surface area contributed by atoms with Crippen molar-refractivity contribution in [2.75, 3.05) is 20.8 Å². The van der Waals surface area contributed by atoms with E-state index in [0.717, 1.165) is 0 Å². The lowest BCUT2D eigenvalue weighted by atomic mass is 9.97. The normalized spacial score (nSPS) is 14.0. The average Bonchev–Trinajstić information content (AvgIpc) is 3.52. The number of nitrogens with one attached hydrogen (secondary N) is 1. The highest BCUT2D eigenvalue weighted by atomic mass is 35.5. The molecule has 0 saturated carbocycles. The van der Waals surface area contributed by atoms with Crippen molar-refractivity contribution in [1.29, 1.82) is 0 Å². The van der Waals surface area contributed by atoms with Gasteiger partial charge in [0.1, 0.15) is 11.2 Å². The van der Waals surface area contributed by atoms with Crippen molar-refractivity contribution in [2.45, 2.75) is 25.4 Å². The van der Waals surface area contributed by atoms with E-state index in [2.05, 4.69) is 15.3 Å². The first-order valence-electron chi connectivity index (χ1n) is 15.1. The van der Waals surface area contributed by atoms with Crippen LogP contribution in [0.2, 0.25) is 10.0 Å². The van der Waals surface area contributed by atoms with Crippen LogP contribution in [0, 0.1) is 0 Å². The fraction of sp³-hybridized carbons (Fsp3) is 0.200. The van der Waals surface area contributed by atoms with Gasteiger partial charge < -0.3 is 24.8 Å². The van der Waals surface area contributed by atoms with Gasteiger partial charge in [-0.1, -0.05) is 59.6 Å². The van der Waals surface area contributed by atoms with Crippen LogP contribution in [-0.2, 0) is 11.3 Å². The molecular formula is C35H29Cl2N5O7. The van der Waals surface area contributed by atoms with E-state index in [1.807, 2.05) is 36.4 Å². The van der Waals surface area contributed by atoms with Crippen LogP contribution in [-0.4, -0.2) is 69.5 Å². The van der Waals surface area contributed by atoms with Gasteiger partial charge in [-0.3, -0.25) is 18.8 Å². The first-order chi connectivity index (χ1) is 23.6. The summed E-state index contributed by atoms with van der Waals surface area (Å²) in [6.07, 6.45) is 1.76. The first-order valence-corrected chi connectivity index (χ1v) is 15.8. The minimum Gasteiger partial charge on any atom is -0.481 e. The summed E-state index contributed by atoms with van der Waals surface area (Å²) in [5, 5.41) is 13.4. The number of methoxy groups -OCH3 is 2. The van der Waals surface area contributed by atoms with E-state index in [1.165, 1.54) is 29.7 Å². The van der Waals surface area contributed by atoms with Crippen LogP contribution in [0.3, 0.4) is 0 Å². The van der Waals surface area contributed by atoms with Crippen LogP contribution in [0.4, 0.5) is 4.79 Å². The third kappa shape index (κ3) is 6.52. The zero-order valence-electron chi connectivity index (χ0n) is 26.3. The number of pyridine rings is 2. The molecule has 12 nitrogen and oxygen atoms in total. The molecule has 0 bridgehead atoms. The summed E-state index contributed by atoms with van der Waals surface area (Å²) in [5.41, 5.74) is 3.79. The van der Waals surface area contributed by atoms with Crippen LogP contribution in [0.15, 0.2) is 71.7 Å². The second kappa shape index (κ2) is 14.0. The van der Waals surface area contributed by atoms with Gasteiger partial charge in [0.05, 0.1) is 36.5 Å². The summed E-state index contributed by atoms with van der Waals surface area (Å²) in [4.78, 5) is 58.1. The summed E-state index contributed by atoms with van der Waals surface area (Å²) in [6, 6.07) is 17.6. The van der Waals surface area contributed by atoms with Gasteiger partial charge in [0.2, 0.25) is 17.7 Å². The number of amides is 2. The molecule has 3 aromatic heterocycles. The molecule has 1 saturated heterocycles. The molecule has 14 heteroatoms. The molecule has 2 N–H and O–H groups in total. The number of ether oxygens (including phenoxy) is 2. The molecule has 1 aliphatic rings. The monoisotopic (exact) mass is 701 g/mol. The summed E-state index contributed by atoms with van der Waals surface area (Å²) < 4.78 is 12.0. The number of aromatic nitrogens is 3. The molecule has 1 fully saturated rings. The Balaban J connectivity index is 1.33. The second-order valence-electron chi connectivity index (χ2n) is 11.3. The molecule has 0 aliphatic carbocycles. The maximum Gasteiger partial charge on any atom is 0.407 e. The largest absolute Gasteiger partial charge is 0.481 e. The number of carboxylic acid groups (broad SMARTS) is 1. The van der Waals surface area contributed by atoms with Gasteiger partial charge in [-0.2, -0.15) is 4.98 Å². The Morgan fingerprint density at radius 2 is 1.65 bits per heavy atom. The van der Waals surface area contributed by atoms with Crippen LogP contribution in [0.5, 0.6) is 11.8 Å². The minimum absolute atomic E-state index is 0.0122. The van der Waals surface area contributed by atoms with E-state index in [0.29, 0.717) is 68.2 Å². The number of carbonyl (C=O) groups is 3. The Labute approximate surface area is 289 Å². The third-order valence-corrected chi connectivity index (χ3v) is 9.12. The van der Waals surface area contributed by atoms with Crippen molar-refractivity contribution in [3.8, 4) is 45.3 Å². The quantitative estimate of drug-likeness (QED) is 0.167. The van der Waals surface area contributed by atoms with E-state index in [-0.39, 0.29) is 48.0 Å². The van der Waals surface area contributed by atoms with Crippen molar-refractivity contribution < 1.29 is 29.0 Å². The summed E-state index contributed by atoms with van der Waals surface area (Å²) in [6.45, 7) is 0.154. The molecule has 5 aromatic rings. The highest BCUT2D eigenvalue weighted by Gasteiger charge is 2.26. The van der Waals surface area contributed by atoms with Crippen molar-refractivity contribution in [1.82, 2.24) is 24.6 Å². The van der Waals surface area contributed by atoms with E-state index in [9.17, 15) is 24.3 Å². The lowest BCUT2D eigenvalue weighted by molar-refractivity contribution is -0.119. The van der Waals surface area contributed by atoms with Crippen molar-refractivity contribution in [3.05, 3.63) is 98.4 Å². The van der Waals surface area contributed by atoms with Gasteiger partial charge in [-0.05, 0) is 36.2 Å². The Bertz CT molecular complexity index is 2190. The molecule has 6 rings (SSSR count). The minimum atomic E-state index is -1.12. The topological polar surface area (TPSA) is 152 Å². The summed E-state index contributed by atoms with van der Waals surface area (Å²) in [5.74, 6) is 0.0740. The molecule has 2 aromatic carbocycles. The number of rotatable bonds is 10. The SMILES string of the molecule is COc1nc(-c2cccc(-c3cccc(-c4ccn5c(=O)c(C=O)c(OC)nc5c4)c3Cl)c2Cl)ccc1CN(CC1CCC(=O)N1)C(=O)O. The number of halogens is 2. The lowest BCUT2D eigenvalue weighted by Crippen LogP contribution is -2.41. The number of aldehydes is 1. The van der Waals surface area contributed by atoms with Gasteiger partial charge in [0.25, 0.3) is 5.56 Å². The maximum absolute atomic E-state index is 12.8. The number of benzene rings is 2. The van der Waals surface area contributed by atoms with E-state index >= 15 is 0 Å². The van der Waals surface area contributed by atoms with Crippen molar-refractivity contribution in [2.24, 2.45) is 0 Å². The fourth-order valence-corrected chi connectivity index (χ4v) is 6.53. The molecule has 1 aliphatic heterocycles. The van der Waals surface area contributed by atoms with Gasteiger partial charge in [0, 0.05) is 53.0 Å². The van der Waals surface area contributed by atoms with Crippen molar-refractivity contribution >= 4 is 47.1 Å². The van der Waals surface area contributed by atoms with Crippen LogP contribution in [0.25, 0.3) is 39.2 Å². The smallest absolute Gasteiger partial charge is 0.407 e. The molecule has 250 valence electrons. The number of hydrogen-bond donors (Lipinski definition) is 2.